The average Bonchev–Trinajstić information content (AvgIpc) is 2.48. The lowest BCUT2D eigenvalue weighted by Gasteiger charge is -1.91. The zero-order valence-corrected chi connectivity index (χ0v) is 6.40. The van der Waals surface area contributed by atoms with Gasteiger partial charge in [0, 0.05) is 0 Å². The van der Waals surface area contributed by atoms with E-state index in [4.69, 9.17) is 9.63 Å². The Kier molecular flexibility index (Phi) is 1.45. The Bertz CT molecular complexity index is 522. The molecule has 1 aromatic heterocycles. The summed E-state index contributed by atoms with van der Waals surface area (Å²) in [5, 5.41) is 10.9. The van der Waals surface area contributed by atoms with E-state index in [2.05, 4.69) is 5.16 Å². The quantitative estimate of drug-likeness (QED) is 0.678. The fourth-order valence-corrected chi connectivity index (χ4v) is 1.18. The third kappa shape index (κ3) is 1.01. The van der Waals surface area contributed by atoms with Gasteiger partial charge < -0.3 is 9.63 Å². The van der Waals surface area contributed by atoms with Gasteiger partial charge in [-0.2, -0.15) is 5.16 Å². The van der Waals surface area contributed by atoms with E-state index in [9.17, 15) is 9.59 Å². The fourth-order valence-electron chi connectivity index (χ4n) is 1.18. The molecule has 0 saturated carbocycles. The Balaban J connectivity index is 2.96. The van der Waals surface area contributed by atoms with E-state index in [0.717, 1.165) is 0 Å². The topological polar surface area (TPSA) is 83.3 Å². The molecule has 1 heterocycles. The van der Waals surface area contributed by atoms with Crippen LogP contribution in [0.5, 0.6) is 0 Å². The van der Waals surface area contributed by atoms with Gasteiger partial charge >= 0.3 is 5.97 Å². The van der Waals surface area contributed by atoms with Crippen LogP contribution in [0.15, 0.2) is 27.5 Å². The molecule has 0 spiro atoms. The Labute approximate surface area is 71.6 Å². The number of H-pyrrole nitrogens is 1. The lowest BCUT2D eigenvalue weighted by molar-refractivity contribution is 0.0699. The van der Waals surface area contributed by atoms with Crippen LogP contribution in [-0.4, -0.2) is 16.2 Å². The average molecular weight is 179 g/mol. The summed E-state index contributed by atoms with van der Waals surface area (Å²) >= 11 is 0. The molecule has 0 fully saturated rings. The molecule has 2 aromatic rings. The van der Waals surface area contributed by atoms with E-state index in [0.29, 0.717) is 0 Å². The molecule has 66 valence electrons. The molecule has 5 nitrogen and oxygen atoms in total. The second-order valence-electron chi connectivity index (χ2n) is 2.52. The zero-order valence-electron chi connectivity index (χ0n) is 6.40. The van der Waals surface area contributed by atoms with E-state index >= 15 is 0 Å². The lowest BCUT2D eigenvalue weighted by Crippen LogP contribution is -2.04. The minimum absolute atomic E-state index is 0.0486. The first-order chi connectivity index (χ1) is 6.20. The lowest BCUT2D eigenvalue weighted by atomic mass is 10.1. The van der Waals surface area contributed by atoms with Crippen molar-refractivity contribution in [2.24, 2.45) is 0 Å². The van der Waals surface area contributed by atoms with Crippen LogP contribution in [0.25, 0.3) is 11.0 Å². The van der Waals surface area contributed by atoms with Crippen LogP contribution in [-0.2, 0) is 0 Å². The summed E-state index contributed by atoms with van der Waals surface area (Å²) < 4.78 is 4.74. The van der Waals surface area contributed by atoms with Gasteiger partial charge in [-0.15, -0.1) is 0 Å². The van der Waals surface area contributed by atoms with Gasteiger partial charge in [0.25, 0.3) is 5.56 Å². The summed E-state index contributed by atoms with van der Waals surface area (Å²) in [5.41, 5.74) is -0.314. The molecule has 0 amide bonds. The van der Waals surface area contributed by atoms with Crippen LogP contribution >= 0.6 is 0 Å². The summed E-state index contributed by atoms with van der Waals surface area (Å²) in [4.78, 5) is 21.8. The third-order valence-corrected chi connectivity index (χ3v) is 1.74. The summed E-state index contributed by atoms with van der Waals surface area (Å²) in [7, 11) is 0. The predicted molar refractivity (Wildman–Crippen MR) is 43.8 cm³/mol. The smallest absolute Gasteiger partial charge is 0.336 e. The molecular weight excluding hydrogens is 174 g/mol. The first-order valence-electron chi connectivity index (χ1n) is 3.53. The number of hydrogen-bond acceptors (Lipinski definition) is 3. The second-order valence-corrected chi connectivity index (χ2v) is 2.52. The molecule has 1 aromatic carbocycles. The van der Waals surface area contributed by atoms with Gasteiger partial charge in [0.1, 0.15) is 5.39 Å². The Hall–Kier alpha value is -2.04. The number of rotatable bonds is 1. The molecule has 2 rings (SSSR count). The van der Waals surface area contributed by atoms with E-state index in [1.807, 2.05) is 0 Å². The van der Waals surface area contributed by atoms with Gasteiger partial charge in [-0.1, -0.05) is 6.07 Å². The van der Waals surface area contributed by atoms with Crippen molar-refractivity contribution in [1.82, 2.24) is 5.16 Å². The monoisotopic (exact) mass is 179 g/mol. The van der Waals surface area contributed by atoms with Crippen LogP contribution in [0.2, 0.25) is 0 Å². The van der Waals surface area contributed by atoms with Crippen LogP contribution in [0.1, 0.15) is 10.4 Å². The van der Waals surface area contributed by atoms with E-state index in [1.165, 1.54) is 18.2 Å². The van der Waals surface area contributed by atoms with Gasteiger partial charge in [-0.3, -0.25) is 4.79 Å². The zero-order chi connectivity index (χ0) is 9.42. The number of carboxylic acid groups (broad SMARTS) is 1. The van der Waals surface area contributed by atoms with Gasteiger partial charge in [0.05, 0.1) is 5.56 Å². The minimum atomic E-state index is -1.14. The number of aromatic nitrogens is 1. The largest absolute Gasteiger partial charge is 0.478 e. The fraction of sp³-hybridized carbons (Fsp3) is 0. The molecule has 0 aliphatic heterocycles. The molecule has 0 atom stereocenters. The second kappa shape index (κ2) is 2.48. The van der Waals surface area contributed by atoms with Gasteiger partial charge in [-0.05, 0) is 12.1 Å². The summed E-state index contributed by atoms with van der Waals surface area (Å²) in [6.45, 7) is 0. The number of carbonyl (C=O) groups is 1. The minimum Gasteiger partial charge on any atom is -0.478 e. The Morgan fingerprint density at radius 1 is 1.46 bits per heavy atom. The number of nitrogens with one attached hydrogen (secondary N) is 1. The normalized spacial score (nSPS) is 10.5. The molecule has 0 unspecified atom stereocenters. The third-order valence-electron chi connectivity index (χ3n) is 1.74. The highest BCUT2D eigenvalue weighted by Crippen LogP contribution is 2.13. The van der Waals surface area contributed by atoms with Crippen molar-refractivity contribution in [3.63, 3.8) is 0 Å². The summed E-state index contributed by atoms with van der Waals surface area (Å²) in [6.07, 6.45) is 0. The molecule has 0 aliphatic rings. The molecule has 13 heavy (non-hydrogen) atoms. The molecule has 0 aliphatic carbocycles. The van der Waals surface area contributed by atoms with E-state index in [-0.39, 0.29) is 16.5 Å². The summed E-state index contributed by atoms with van der Waals surface area (Å²) in [5.74, 6) is -1.14. The number of hydrogen-bond donors (Lipinski definition) is 2. The summed E-state index contributed by atoms with van der Waals surface area (Å²) in [6, 6.07) is 4.40. The van der Waals surface area contributed by atoms with Crippen molar-refractivity contribution in [3.05, 3.63) is 34.1 Å². The highest BCUT2D eigenvalue weighted by molar-refractivity contribution is 6.01. The van der Waals surface area contributed by atoms with E-state index in [1.54, 1.807) is 0 Å². The van der Waals surface area contributed by atoms with Crippen LogP contribution in [0, 0.1) is 0 Å². The van der Waals surface area contributed by atoms with Crippen molar-refractivity contribution < 1.29 is 14.4 Å². The Morgan fingerprint density at radius 3 is 2.92 bits per heavy atom. The number of carboxylic acids is 1. The first-order valence-corrected chi connectivity index (χ1v) is 3.53. The van der Waals surface area contributed by atoms with Crippen molar-refractivity contribution in [3.8, 4) is 0 Å². The van der Waals surface area contributed by atoms with Crippen molar-refractivity contribution >= 4 is 16.9 Å². The maximum atomic E-state index is 11.1. The van der Waals surface area contributed by atoms with Crippen molar-refractivity contribution in [2.75, 3.05) is 0 Å². The van der Waals surface area contributed by atoms with Gasteiger partial charge in [0.15, 0.2) is 5.58 Å². The van der Waals surface area contributed by atoms with Crippen LogP contribution < -0.4 is 5.56 Å². The Morgan fingerprint density at radius 2 is 2.23 bits per heavy atom. The van der Waals surface area contributed by atoms with Crippen LogP contribution in [0.3, 0.4) is 0 Å². The molecule has 0 radical (unpaired) electrons. The molecular formula is C8H5NO4. The van der Waals surface area contributed by atoms with E-state index < -0.39 is 11.5 Å². The van der Waals surface area contributed by atoms with Gasteiger partial charge in [0.2, 0.25) is 0 Å². The SMILES string of the molecule is O=C(O)c1cccc2o[nH]c(=O)c12. The molecule has 0 bridgehead atoms. The number of aromatic amines is 1. The number of fused-ring (bicyclic) bond motifs is 1. The molecule has 0 saturated heterocycles. The highest BCUT2D eigenvalue weighted by Gasteiger charge is 2.13. The number of benzene rings is 1. The molecule has 5 heteroatoms. The predicted octanol–water partition coefficient (Wildman–Crippen LogP) is 0.819. The molecule has 2 N–H and O–H groups in total. The number of aromatic carboxylic acids is 1. The maximum Gasteiger partial charge on any atom is 0.336 e. The maximum absolute atomic E-state index is 11.1. The van der Waals surface area contributed by atoms with Crippen molar-refractivity contribution in [2.45, 2.75) is 0 Å². The highest BCUT2D eigenvalue weighted by atomic mass is 16.5. The first kappa shape index (κ1) is 7.60. The standard InChI is InChI=1S/C8H5NO4/c10-7-6-4(8(11)12)2-1-3-5(6)13-9-7/h1-3H,(H,9,10)(H,11,12). The van der Waals surface area contributed by atoms with Gasteiger partial charge in [-0.25, -0.2) is 4.79 Å². The van der Waals surface area contributed by atoms with Crippen LogP contribution in [0.4, 0.5) is 0 Å². The van der Waals surface area contributed by atoms with Crippen molar-refractivity contribution in [1.29, 1.82) is 0 Å².